The molecular weight excluding hydrogens is 584 g/mol. The predicted molar refractivity (Wildman–Crippen MR) is 177 cm³/mol. The summed E-state index contributed by atoms with van der Waals surface area (Å²) in [5.41, 5.74) is 11.8. The molecule has 0 radical (unpaired) electrons. The van der Waals surface area contributed by atoms with Gasteiger partial charge >= 0.3 is 12.1 Å². The molecule has 0 unspecified atom stereocenters. The second-order valence-electron chi connectivity index (χ2n) is 13.2. The van der Waals surface area contributed by atoms with Crippen LogP contribution in [0.5, 0.6) is 0 Å². The largest absolute Gasteiger partial charge is 0.436 e. The molecule has 2 aromatic rings. The number of aryl methyl sites for hydroxylation is 2. The first kappa shape index (κ1) is 32.1. The van der Waals surface area contributed by atoms with Gasteiger partial charge in [-0.05, 0) is 74.3 Å². The van der Waals surface area contributed by atoms with Crippen LogP contribution in [-0.2, 0) is 27.1 Å². The van der Waals surface area contributed by atoms with E-state index in [2.05, 4.69) is 16.3 Å². The monoisotopic (exact) mass is 632 g/mol. The highest BCUT2D eigenvalue weighted by Crippen LogP contribution is 2.26. The second-order valence-corrected chi connectivity index (χ2v) is 13.2. The maximum Gasteiger partial charge on any atom is 0.410 e. The lowest BCUT2D eigenvalue weighted by Crippen LogP contribution is -2.53. The van der Waals surface area contributed by atoms with Crippen molar-refractivity contribution in [1.82, 2.24) is 19.6 Å². The van der Waals surface area contributed by atoms with Crippen LogP contribution in [-0.4, -0.2) is 115 Å². The van der Waals surface area contributed by atoms with Gasteiger partial charge in [0.25, 0.3) is 5.91 Å². The number of benzene rings is 2. The van der Waals surface area contributed by atoms with Crippen molar-refractivity contribution in [3.8, 4) is 0 Å². The molecule has 4 amide bonds. The first-order valence-corrected chi connectivity index (χ1v) is 16.8. The Hall–Kier alpha value is -3.83. The number of carbonyl (C=O) groups excluding carboxylic acids is 3. The van der Waals surface area contributed by atoms with Crippen molar-refractivity contribution in [2.24, 2.45) is 0 Å². The molecule has 1 atom stereocenters. The minimum absolute atomic E-state index is 0.0317. The summed E-state index contributed by atoms with van der Waals surface area (Å²) in [7, 11) is 0. The van der Waals surface area contributed by atoms with Crippen LogP contribution >= 0.6 is 0 Å². The van der Waals surface area contributed by atoms with Crippen molar-refractivity contribution in [3.05, 3.63) is 58.7 Å². The van der Waals surface area contributed by atoms with Crippen LogP contribution in [0.1, 0.15) is 47.9 Å². The first-order chi connectivity index (χ1) is 22.3. The molecule has 11 nitrogen and oxygen atoms in total. The number of anilines is 2. The number of hydrogen-bond acceptors (Lipinski definition) is 7. The number of urea groups is 1. The van der Waals surface area contributed by atoms with E-state index in [0.717, 1.165) is 79.2 Å². The van der Waals surface area contributed by atoms with Gasteiger partial charge < -0.3 is 35.2 Å². The standard InChI is InChI=1S/C35H48N6O5/c1-24-21-26(22-25(2)32(24)36)23-31(33(42)39-12-8-28(9-13-39)38-17-19-45-20-18-38)46-35(44)40-14-10-29(11-15-40)41-16-7-27-5-3-4-6-30(27)37-34(41)43/h3-6,21-22,28-29,31H,7-20,23,36H2,1-2H3,(H,37,43)/t31-/m1/s1. The molecule has 46 heavy (non-hydrogen) atoms. The zero-order valence-electron chi connectivity index (χ0n) is 27.2. The lowest BCUT2D eigenvalue weighted by atomic mass is 9.98. The fraction of sp³-hybridized carbons (Fsp3) is 0.571. The number of morpholine rings is 1. The van der Waals surface area contributed by atoms with Gasteiger partial charge in [-0.2, -0.15) is 0 Å². The molecule has 0 saturated carbocycles. The SMILES string of the molecule is Cc1cc(C[C@@H](OC(=O)N2CCC(N3CCc4ccccc4NC3=O)CC2)C(=O)N2CCC(N3CCOCC3)CC2)cc(C)c1N. The van der Waals surface area contributed by atoms with E-state index in [4.69, 9.17) is 15.2 Å². The fourth-order valence-corrected chi connectivity index (χ4v) is 7.47. The Morgan fingerprint density at radius 1 is 0.913 bits per heavy atom. The third kappa shape index (κ3) is 7.25. The van der Waals surface area contributed by atoms with Crippen molar-refractivity contribution >= 4 is 29.4 Å². The van der Waals surface area contributed by atoms with Crippen LogP contribution in [0.25, 0.3) is 0 Å². The summed E-state index contributed by atoms with van der Waals surface area (Å²) in [4.78, 5) is 48.6. The molecule has 0 spiro atoms. The van der Waals surface area contributed by atoms with Gasteiger partial charge in [0.2, 0.25) is 0 Å². The molecule has 3 fully saturated rings. The molecule has 4 heterocycles. The number of para-hydroxylation sites is 1. The average Bonchev–Trinajstić information content (AvgIpc) is 3.25. The molecule has 4 aliphatic heterocycles. The molecular formula is C35H48N6O5. The molecule has 4 aliphatic rings. The van der Waals surface area contributed by atoms with Crippen molar-refractivity contribution < 1.29 is 23.9 Å². The van der Waals surface area contributed by atoms with Crippen LogP contribution in [0.3, 0.4) is 0 Å². The summed E-state index contributed by atoms with van der Waals surface area (Å²) >= 11 is 0. The second kappa shape index (κ2) is 14.3. The van der Waals surface area contributed by atoms with Crippen molar-refractivity contribution in [1.29, 1.82) is 0 Å². The molecule has 2 aromatic carbocycles. The van der Waals surface area contributed by atoms with E-state index < -0.39 is 12.2 Å². The zero-order valence-corrected chi connectivity index (χ0v) is 27.2. The number of likely N-dealkylation sites (tertiary alicyclic amines) is 2. The lowest BCUT2D eigenvalue weighted by Gasteiger charge is -2.41. The number of carbonyl (C=O) groups is 3. The van der Waals surface area contributed by atoms with Crippen LogP contribution in [0.2, 0.25) is 0 Å². The number of nitrogens with zero attached hydrogens (tertiary/aromatic N) is 4. The Balaban J connectivity index is 1.09. The van der Waals surface area contributed by atoms with Crippen LogP contribution < -0.4 is 11.1 Å². The summed E-state index contributed by atoms with van der Waals surface area (Å²) in [5.74, 6) is -0.142. The van der Waals surface area contributed by atoms with Gasteiger partial charge in [0.1, 0.15) is 0 Å². The number of hydrogen-bond donors (Lipinski definition) is 2. The Bertz CT molecular complexity index is 1390. The minimum Gasteiger partial charge on any atom is -0.436 e. The molecule has 248 valence electrons. The smallest absolute Gasteiger partial charge is 0.410 e. The van der Waals surface area contributed by atoms with E-state index in [1.807, 2.05) is 54.0 Å². The van der Waals surface area contributed by atoms with Crippen molar-refractivity contribution in [3.63, 3.8) is 0 Å². The van der Waals surface area contributed by atoms with Crippen molar-refractivity contribution in [2.45, 2.75) is 70.6 Å². The zero-order chi connectivity index (χ0) is 32.2. The van der Waals surface area contributed by atoms with Crippen LogP contribution in [0.4, 0.5) is 21.0 Å². The molecule has 3 N–H and O–H groups in total. The van der Waals surface area contributed by atoms with E-state index >= 15 is 0 Å². The molecule has 3 saturated heterocycles. The Labute approximate surface area is 271 Å². The quantitative estimate of drug-likeness (QED) is 0.465. The topological polar surface area (TPSA) is 121 Å². The van der Waals surface area contributed by atoms with Gasteiger partial charge in [-0.25, -0.2) is 9.59 Å². The predicted octanol–water partition coefficient (Wildman–Crippen LogP) is 3.81. The molecule has 6 rings (SSSR count). The number of piperidine rings is 2. The van der Waals surface area contributed by atoms with Gasteiger partial charge in [0.05, 0.1) is 13.2 Å². The Morgan fingerprint density at radius 2 is 1.54 bits per heavy atom. The highest BCUT2D eigenvalue weighted by Gasteiger charge is 2.36. The van der Waals surface area contributed by atoms with Crippen LogP contribution in [0, 0.1) is 13.8 Å². The maximum absolute atomic E-state index is 14.0. The fourth-order valence-electron chi connectivity index (χ4n) is 7.47. The number of nitrogens with one attached hydrogen (secondary N) is 1. The summed E-state index contributed by atoms with van der Waals surface area (Å²) in [6.45, 7) is 10.1. The highest BCUT2D eigenvalue weighted by molar-refractivity contribution is 5.91. The minimum atomic E-state index is -0.928. The van der Waals surface area contributed by atoms with Crippen LogP contribution in [0.15, 0.2) is 36.4 Å². The first-order valence-electron chi connectivity index (χ1n) is 16.8. The molecule has 0 aromatic heterocycles. The van der Waals surface area contributed by atoms with E-state index in [1.165, 1.54) is 0 Å². The van der Waals surface area contributed by atoms with Crippen molar-refractivity contribution in [2.75, 3.05) is 70.1 Å². The third-order valence-corrected chi connectivity index (χ3v) is 10.2. The molecule has 0 aliphatic carbocycles. The number of nitrogens with two attached hydrogens (primary N) is 1. The van der Waals surface area contributed by atoms with Gasteiger partial charge in [0.15, 0.2) is 6.10 Å². The number of ether oxygens (including phenoxy) is 2. The number of amides is 4. The van der Waals surface area contributed by atoms with Gasteiger partial charge in [-0.15, -0.1) is 0 Å². The van der Waals surface area contributed by atoms with E-state index in [0.29, 0.717) is 58.0 Å². The summed E-state index contributed by atoms with van der Waals surface area (Å²) in [6, 6.07) is 12.3. The number of fused-ring (bicyclic) bond motifs is 1. The van der Waals surface area contributed by atoms with Gasteiger partial charge in [-0.1, -0.05) is 30.3 Å². The molecule has 11 heteroatoms. The lowest BCUT2D eigenvalue weighted by molar-refractivity contribution is -0.142. The maximum atomic E-state index is 14.0. The normalized spacial score (nSPS) is 20.9. The van der Waals surface area contributed by atoms with Gasteiger partial charge in [0, 0.05) is 75.7 Å². The number of rotatable bonds is 6. The Morgan fingerprint density at radius 3 is 2.24 bits per heavy atom. The van der Waals surface area contributed by atoms with Gasteiger partial charge in [-0.3, -0.25) is 9.69 Å². The van der Waals surface area contributed by atoms with E-state index in [-0.39, 0.29) is 18.0 Å². The summed E-state index contributed by atoms with van der Waals surface area (Å²) < 4.78 is 11.6. The van der Waals surface area contributed by atoms with E-state index in [1.54, 1.807) is 4.90 Å². The average molecular weight is 633 g/mol. The third-order valence-electron chi connectivity index (χ3n) is 10.2. The number of nitrogen functional groups attached to an aromatic ring is 1. The summed E-state index contributed by atoms with van der Waals surface area (Å²) in [5, 5.41) is 3.05. The van der Waals surface area contributed by atoms with E-state index in [9.17, 15) is 14.4 Å². The molecule has 0 bridgehead atoms. The highest BCUT2D eigenvalue weighted by atomic mass is 16.6. The summed E-state index contributed by atoms with van der Waals surface area (Å²) in [6.07, 6.45) is 2.78. The Kier molecular flexibility index (Phi) is 9.98.